The molecule has 0 fully saturated rings. The fourth-order valence-electron chi connectivity index (χ4n) is 2.89. The molecule has 1 aliphatic heterocycles. The van der Waals surface area contributed by atoms with Gasteiger partial charge in [-0.05, 0) is 56.5 Å². The molecule has 0 aliphatic carbocycles. The highest BCUT2D eigenvalue weighted by molar-refractivity contribution is 6.40. The van der Waals surface area contributed by atoms with Gasteiger partial charge < -0.3 is 25.4 Å². The van der Waals surface area contributed by atoms with Crippen LogP contribution in [-0.4, -0.2) is 43.5 Å². The molecule has 162 valence electrons. The third-order valence-corrected chi connectivity index (χ3v) is 4.55. The fourth-order valence-corrected chi connectivity index (χ4v) is 2.89. The van der Waals surface area contributed by atoms with Crippen molar-refractivity contribution in [3.63, 3.8) is 0 Å². The fraction of sp³-hybridized carbons (Fsp3) is 0.409. The van der Waals surface area contributed by atoms with Crippen molar-refractivity contribution >= 4 is 29.0 Å². The Bertz CT molecular complexity index is 887. The van der Waals surface area contributed by atoms with Crippen molar-refractivity contribution in [2.45, 2.75) is 39.7 Å². The molecule has 0 atom stereocenters. The molecule has 3 N–H and O–H groups in total. The molecule has 0 aromatic heterocycles. The number of anilines is 1. The molecule has 1 aliphatic rings. The standard InChI is InChI=1S/C22H29N3O5/c1-6-10-23-21(28)22(3,4)25-20(27)19(26)24-15-7-8-17(18(12-15)29-5)16-9-11-30-13-14(16)2/h7-9,12-13H,6,10-11H2,1-5H3,(H,23,28)(H,24,26)(H,25,27). The summed E-state index contributed by atoms with van der Waals surface area (Å²) >= 11 is 0. The first-order valence-corrected chi connectivity index (χ1v) is 9.78. The normalized spacial score (nSPS) is 13.4. The largest absolute Gasteiger partial charge is 0.497 e. The summed E-state index contributed by atoms with van der Waals surface area (Å²) < 4.78 is 10.7. The Labute approximate surface area is 176 Å². The highest BCUT2D eigenvalue weighted by Gasteiger charge is 2.31. The second-order valence-electron chi connectivity index (χ2n) is 7.46. The van der Waals surface area contributed by atoms with Gasteiger partial charge in [-0.3, -0.25) is 14.4 Å². The minimum absolute atomic E-state index is 0.357. The van der Waals surface area contributed by atoms with Gasteiger partial charge in [0, 0.05) is 23.9 Å². The van der Waals surface area contributed by atoms with E-state index in [-0.39, 0.29) is 5.91 Å². The van der Waals surface area contributed by atoms with Crippen LogP contribution in [-0.2, 0) is 19.1 Å². The van der Waals surface area contributed by atoms with Crippen LogP contribution in [0.3, 0.4) is 0 Å². The SMILES string of the molecule is CCCNC(=O)C(C)(C)NC(=O)C(=O)Nc1ccc(C2=CCOC=C2C)c(OC)c1. The maximum Gasteiger partial charge on any atom is 0.313 e. The Hall–Kier alpha value is -3.29. The summed E-state index contributed by atoms with van der Waals surface area (Å²) in [5, 5.41) is 7.70. The van der Waals surface area contributed by atoms with Crippen molar-refractivity contribution in [1.29, 1.82) is 0 Å². The molecular weight excluding hydrogens is 386 g/mol. The van der Waals surface area contributed by atoms with Crippen LogP contribution in [0.5, 0.6) is 5.75 Å². The first-order chi connectivity index (χ1) is 14.2. The van der Waals surface area contributed by atoms with Gasteiger partial charge in [0.25, 0.3) is 0 Å². The van der Waals surface area contributed by atoms with Crippen LogP contribution in [0.25, 0.3) is 5.57 Å². The summed E-state index contributed by atoms with van der Waals surface area (Å²) in [7, 11) is 1.54. The lowest BCUT2D eigenvalue weighted by atomic mass is 9.97. The summed E-state index contributed by atoms with van der Waals surface area (Å²) in [6.45, 7) is 7.90. The smallest absolute Gasteiger partial charge is 0.313 e. The molecule has 0 saturated carbocycles. The molecule has 30 heavy (non-hydrogen) atoms. The van der Waals surface area contributed by atoms with Crippen LogP contribution < -0.4 is 20.7 Å². The Morgan fingerprint density at radius 3 is 2.57 bits per heavy atom. The molecule has 8 heteroatoms. The number of rotatable bonds is 7. The Morgan fingerprint density at radius 2 is 1.93 bits per heavy atom. The number of amides is 3. The average molecular weight is 415 g/mol. The van der Waals surface area contributed by atoms with E-state index in [4.69, 9.17) is 9.47 Å². The Balaban J connectivity index is 2.09. The number of hydrogen-bond acceptors (Lipinski definition) is 5. The van der Waals surface area contributed by atoms with Crippen LogP contribution in [0.2, 0.25) is 0 Å². The van der Waals surface area contributed by atoms with Gasteiger partial charge in [0.05, 0.1) is 13.4 Å². The lowest BCUT2D eigenvalue weighted by Gasteiger charge is -2.24. The van der Waals surface area contributed by atoms with Crippen molar-refractivity contribution in [3.05, 3.63) is 41.7 Å². The van der Waals surface area contributed by atoms with E-state index in [9.17, 15) is 14.4 Å². The lowest BCUT2D eigenvalue weighted by molar-refractivity contribution is -0.139. The summed E-state index contributed by atoms with van der Waals surface area (Å²) in [6.07, 6.45) is 4.41. The number of benzene rings is 1. The highest BCUT2D eigenvalue weighted by Crippen LogP contribution is 2.34. The molecular formula is C22H29N3O5. The number of allylic oxidation sites excluding steroid dienone is 2. The predicted molar refractivity (Wildman–Crippen MR) is 115 cm³/mol. The molecule has 1 aromatic rings. The van der Waals surface area contributed by atoms with Gasteiger partial charge in [-0.1, -0.05) is 6.92 Å². The van der Waals surface area contributed by atoms with Gasteiger partial charge in [0.1, 0.15) is 17.9 Å². The van der Waals surface area contributed by atoms with Crippen molar-refractivity contribution in [1.82, 2.24) is 10.6 Å². The number of methoxy groups -OCH3 is 1. The average Bonchev–Trinajstić information content (AvgIpc) is 2.72. The molecule has 0 saturated heterocycles. The summed E-state index contributed by atoms with van der Waals surface area (Å²) in [5.74, 6) is -1.58. The molecule has 1 heterocycles. The Kier molecular flexibility index (Phi) is 7.63. The highest BCUT2D eigenvalue weighted by atomic mass is 16.5. The summed E-state index contributed by atoms with van der Waals surface area (Å²) in [6, 6.07) is 5.14. The number of hydrogen-bond donors (Lipinski definition) is 3. The molecule has 0 bridgehead atoms. The number of nitrogens with one attached hydrogen (secondary N) is 3. The minimum Gasteiger partial charge on any atom is -0.497 e. The van der Waals surface area contributed by atoms with Gasteiger partial charge in [-0.25, -0.2) is 0 Å². The predicted octanol–water partition coefficient (Wildman–Crippen LogP) is 2.37. The molecule has 1 aromatic carbocycles. The monoisotopic (exact) mass is 415 g/mol. The Morgan fingerprint density at radius 1 is 1.20 bits per heavy atom. The van der Waals surface area contributed by atoms with E-state index in [0.717, 1.165) is 23.1 Å². The molecule has 0 unspecified atom stereocenters. The zero-order valence-electron chi connectivity index (χ0n) is 18.0. The van der Waals surface area contributed by atoms with Crippen LogP contribution in [0.15, 0.2) is 36.1 Å². The van der Waals surface area contributed by atoms with Crippen LogP contribution in [0, 0.1) is 0 Å². The second-order valence-corrected chi connectivity index (χ2v) is 7.46. The molecule has 2 rings (SSSR count). The molecule has 8 nitrogen and oxygen atoms in total. The van der Waals surface area contributed by atoms with E-state index in [1.165, 1.54) is 7.11 Å². The summed E-state index contributed by atoms with van der Waals surface area (Å²) in [4.78, 5) is 36.8. The van der Waals surface area contributed by atoms with Gasteiger partial charge >= 0.3 is 11.8 Å². The minimum atomic E-state index is -1.22. The van der Waals surface area contributed by atoms with Crippen LogP contribution in [0.4, 0.5) is 5.69 Å². The van der Waals surface area contributed by atoms with Crippen molar-refractivity contribution < 1.29 is 23.9 Å². The van der Waals surface area contributed by atoms with Gasteiger partial charge in [-0.2, -0.15) is 0 Å². The van der Waals surface area contributed by atoms with Crippen molar-refractivity contribution in [2.24, 2.45) is 0 Å². The van der Waals surface area contributed by atoms with E-state index >= 15 is 0 Å². The van der Waals surface area contributed by atoms with Gasteiger partial charge in [-0.15, -0.1) is 0 Å². The summed E-state index contributed by atoms with van der Waals surface area (Å²) in [5.41, 5.74) is 1.97. The van der Waals surface area contributed by atoms with E-state index in [2.05, 4.69) is 16.0 Å². The zero-order valence-corrected chi connectivity index (χ0v) is 18.0. The number of carbonyl (C=O) groups excluding carboxylic acids is 3. The van der Waals surface area contributed by atoms with Crippen molar-refractivity contribution in [3.8, 4) is 5.75 Å². The van der Waals surface area contributed by atoms with Crippen molar-refractivity contribution in [2.75, 3.05) is 25.6 Å². The van der Waals surface area contributed by atoms with E-state index in [0.29, 0.717) is 24.6 Å². The second kappa shape index (κ2) is 9.96. The van der Waals surface area contributed by atoms with Gasteiger partial charge in [0.15, 0.2) is 0 Å². The molecule has 3 amide bonds. The van der Waals surface area contributed by atoms with Gasteiger partial charge in [0.2, 0.25) is 5.91 Å². The first-order valence-electron chi connectivity index (χ1n) is 9.78. The third-order valence-electron chi connectivity index (χ3n) is 4.55. The third kappa shape index (κ3) is 5.62. The maximum atomic E-state index is 12.3. The number of carbonyl (C=O) groups is 3. The first kappa shape index (κ1) is 23.0. The van der Waals surface area contributed by atoms with Crippen LogP contribution in [0.1, 0.15) is 39.7 Å². The van der Waals surface area contributed by atoms with E-state index in [1.54, 1.807) is 32.2 Å². The quantitative estimate of drug-likeness (QED) is 0.593. The van der Waals surface area contributed by atoms with Crippen LogP contribution >= 0.6 is 0 Å². The lowest BCUT2D eigenvalue weighted by Crippen LogP contribution is -2.57. The van der Waals surface area contributed by atoms with E-state index < -0.39 is 17.4 Å². The zero-order chi connectivity index (χ0) is 22.3. The maximum absolute atomic E-state index is 12.3. The van der Waals surface area contributed by atoms with E-state index in [1.807, 2.05) is 26.0 Å². The molecule has 0 spiro atoms. The number of ether oxygens (including phenoxy) is 2. The topological polar surface area (TPSA) is 106 Å². The molecule has 0 radical (unpaired) electrons.